The van der Waals surface area contributed by atoms with Crippen LogP contribution in [0.1, 0.15) is 25.3 Å². The number of methoxy groups -OCH3 is 1. The third-order valence-corrected chi connectivity index (χ3v) is 8.17. The Kier molecular flexibility index (Phi) is 7.18. The summed E-state index contributed by atoms with van der Waals surface area (Å²) >= 11 is 0. The second-order valence-corrected chi connectivity index (χ2v) is 10.8. The highest BCUT2D eigenvalue weighted by Crippen LogP contribution is 2.25. The lowest BCUT2D eigenvalue weighted by atomic mass is 10.1. The van der Waals surface area contributed by atoms with E-state index in [-0.39, 0.29) is 19.2 Å². The lowest BCUT2D eigenvalue weighted by molar-refractivity contribution is -0.122. The molecule has 0 unspecified atom stereocenters. The molecule has 0 spiro atoms. The van der Waals surface area contributed by atoms with Crippen LogP contribution < -0.4 is 24.8 Å². The van der Waals surface area contributed by atoms with Gasteiger partial charge in [0.2, 0.25) is 10.0 Å². The quantitative estimate of drug-likeness (QED) is 0.502. The average Bonchev–Trinajstić information content (AvgIpc) is 3.09. The number of amides is 3. The van der Waals surface area contributed by atoms with E-state index in [1.165, 1.54) is 11.2 Å². The Morgan fingerprint density at radius 1 is 0.971 bits per heavy atom. The molecule has 2 saturated heterocycles. The Morgan fingerprint density at radius 3 is 2.14 bits per heavy atom. The van der Waals surface area contributed by atoms with Crippen LogP contribution in [0.25, 0.3) is 0 Å². The molecule has 2 fully saturated rings. The summed E-state index contributed by atoms with van der Waals surface area (Å²) in [6.07, 6.45) is 0.909. The number of urea groups is 1. The second-order valence-electron chi connectivity index (χ2n) is 8.82. The first kappa shape index (κ1) is 24.8. The number of hydrogen-bond acceptors (Lipinski definition) is 7. The fourth-order valence-electron chi connectivity index (χ4n) is 4.06. The molecule has 0 radical (unpaired) electrons. The number of imide groups is 1. The van der Waals surface area contributed by atoms with E-state index in [0.717, 1.165) is 11.3 Å². The predicted molar refractivity (Wildman–Crippen MR) is 128 cm³/mol. The van der Waals surface area contributed by atoms with Crippen molar-refractivity contribution in [2.45, 2.75) is 38.0 Å². The van der Waals surface area contributed by atoms with Crippen LogP contribution in [0.15, 0.2) is 48.5 Å². The minimum Gasteiger partial charge on any atom is -0.497 e. The fraction of sp³-hybridized carbons (Fsp3) is 0.417. The van der Waals surface area contributed by atoms with E-state index >= 15 is 0 Å². The normalized spacial score (nSPS) is 21.3. The van der Waals surface area contributed by atoms with Gasteiger partial charge >= 0.3 is 6.03 Å². The molecule has 0 aromatic heterocycles. The van der Waals surface area contributed by atoms with Crippen molar-refractivity contribution in [2.24, 2.45) is 0 Å². The van der Waals surface area contributed by atoms with Crippen molar-refractivity contribution in [1.82, 2.24) is 14.9 Å². The summed E-state index contributed by atoms with van der Waals surface area (Å²) in [6, 6.07) is 14.3. The zero-order valence-corrected chi connectivity index (χ0v) is 20.5. The third kappa shape index (κ3) is 6.04. The predicted octanol–water partition coefficient (Wildman–Crippen LogP) is 2.05. The van der Waals surface area contributed by atoms with Crippen LogP contribution in [0, 0.1) is 0 Å². The van der Waals surface area contributed by atoms with Crippen molar-refractivity contribution in [3.05, 3.63) is 54.1 Å². The minimum atomic E-state index is -3.74. The molecular weight excluding hydrogens is 474 g/mol. The van der Waals surface area contributed by atoms with Gasteiger partial charge in [-0.15, -0.1) is 0 Å². The van der Waals surface area contributed by atoms with Crippen LogP contribution in [0.5, 0.6) is 17.2 Å². The molecule has 0 bridgehead atoms. The Morgan fingerprint density at radius 2 is 1.57 bits per heavy atom. The topological polar surface area (TPSA) is 123 Å². The van der Waals surface area contributed by atoms with E-state index in [1.807, 2.05) is 48.5 Å². The van der Waals surface area contributed by atoms with Gasteiger partial charge < -0.3 is 19.5 Å². The maximum absolute atomic E-state index is 12.8. The van der Waals surface area contributed by atoms with Crippen LogP contribution in [0.4, 0.5) is 4.79 Å². The zero-order valence-electron chi connectivity index (χ0n) is 19.7. The molecule has 4 rings (SSSR count). The highest BCUT2D eigenvalue weighted by atomic mass is 32.2. The van der Waals surface area contributed by atoms with Crippen molar-refractivity contribution >= 4 is 22.0 Å². The number of rotatable bonds is 9. The average molecular weight is 504 g/mol. The number of benzene rings is 2. The van der Waals surface area contributed by atoms with Crippen LogP contribution in [0.3, 0.4) is 0 Å². The number of hydrogen-bond donors (Lipinski definition) is 2. The third-order valence-electron chi connectivity index (χ3n) is 6.07. The number of piperidine rings is 1. The van der Waals surface area contributed by atoms with E-state index in [9.17, 15) is 18.0 Å². The number of nitrogens with one attached hydrogen (secondary N) is 2. The van der Waals surface area contributed by atoms with Gasteiger partial charge in [-0.25, -0.2) is 17.5 Å². The van der Waals surface area contributed by atoms with Crippen molar-refractivity contribution in [3.63, 3.8) is 0 Å². The van der Waals surface area contributed by atoms with Crippen molar-refractivity contribution in [3.8, 4) is 17.2 Å². The van der Waals surface area contributed by atoms with Gasteiger partial charge in [0.05, 0.1) is 12.9 Å². The Hall–Kier alpha value is -3.31. The van der Waals surface area contributed by atoms with Crippen molar-refractivity contribution in [2.75, 3.05) is 26.0 Å². The van der Waals surface area contributed by atoms with Crippen LogP contribution in [-0.2, 0) is 21.4 Å². The highest BCUT2D eigenvalue weighted by Gasteiger charge is 2.46. The first-order chi connectivity index (χ1) is 16.7. The molecule has 2 N–H and O–H groups in total. The van der Waals surface area contributed by atoms with Crippen LogP contribution in [0.2, 0.25) is 0 Å². The molecule has 2 aliphatic heterocycles. The molecule has 35 heavy (non-hydrogen) atoms. The van der Waals surface area contributed by atoms with Crippen LogP contribution >= 0.6 is 0 Å². The molecule has 0 saturated carbocycles. The van der Waals surface area contributed by atoms with Crippen LogP contribution in [-0.4, -0.2) is 62.3 Å². The molecule has 2 aromatic carbocycles. The zero-order chi connectivity index (χ0) is 25.1. The van der Waals surface area contributed by atoms with E-state index in [4.69, 9.17) is 14.2 Å². The number of nitrogens with zero attached hydrogens (tertiary/aromatic N) is 1. The second kappa shape index (κ2) is 10.1. The summed E-state index contributed by atoms with van der Waals surface area (Å²) in [4.78, 5) is 23.4. The first-order valence-electron chi connectivity index (χ1n) is 11.3. The number of ether oxygens (including phenoxy) is 3. The summed E-state index contributed by atoms with van der Waals surface area (Å²) < 4.78 is 44.0. The fourth-order valence-corrected chi connectivity index (χ4v) is 5.94. The highest BCUT2D eigenvalue weighted by molar-refractivity contribution is 7.89. The van der Waals surface area contributed by atoms with Gasteiger partial charge in [-0.3, -0.25) is 10.1 Å². The standard InChI is InChI=1S/C24H29N3O7S/c1-24(22(28)25-23(29)26-24)16-35(30,31)27-13-11-21(12-14-27)34-20-9-7-19(8-10-20)33-15-17-3-5-18(32-2)6-4-17/h3-10,21H,11-16H2,1-2H3,(H2,25,26,28,29)/t24-/m1/s1. The maximum atomic E-state index is 12.8. The number of carbonyl (C=O) groups is 2. The van der Waals surface area contributed by atoms with Crippen molar-refractivity contribution < 1.29 is 32.2 Å². The number of carbonyl (C=O) groups excluding carboxylic acids is 2. The molecule has 0 aliphatic carbocycles. The van der Waals surface area contributed by atoms with E-state index in [0.29, 0.717) is 30.9 Å². The Labute approximate surface area is 204 Å². The molecular formula is C24H29N3O7S. The Bertz CT molecular complexity index is 1160. The van der Waals surface area contributed by atoms with Gasteiger partial charge in [-0.1, -0.05) is 12.1 Å². The summed E-state index contributed by atoms with van der Waals surface area (Å²) in [5, 5.41) is 4.48. The molecule has 2 heterocycles. The summed E-state index contributed by atoms with van der Waals surface area (Å²) in [5.41, 5.74) is -0.446. The minimum absolute atomic E-state index is 0.127. The molecule has 1 atom stereocenters. The SMILES string of the molecule is COc1ccc(COc2ccc(OC3CCN(S(=O)(=O)C[C@@]4(C)NC(=O)NC4=O)CC3)cc2)cc1. The van der Waals surface area contributed by atoms with Gasteiger partial charge in [0.25, 0.3) is 5.91 Å². The number of sulfonamides is 1. The smallest absolute Gasteiger partial charge is 0.322 e. The first-order valence-corrected chi connectivity index (χ1v) is 12.9. The van der Waals surface area contributed by atoms with Gasteiger partial charge in [0, 0.05) is 13.1 Å². The van der Waals surface area contributed by atoms with E-state index in [1.54, 1.807) is 7.11 Å². The Balaban J connectivity index is 1.24. The molecule has 2 aliphatic rings. The van der Waals surface area contributed by atoms with E-state index < -0.39 is 33.3 Å². The monoisotopic (exact) mass is 503 g/mol. The van der Waals surface area contributed by atoms with Gasteiger partial charge in [-0.05, 0) is 61.7 Å². The van der Waals surface area contributed by atoms with Gasteiger partial charge in [-0.2, -0.15) is 0 Å². The summed E-state index contributed by atoms with van der Waals surface area (Å²) in [5.74, 6) is 1.07. The maximum Gasteiger partial charge on any atom is 0.322 e. The lowest BCUT2D eigenvalue weighted by Gasteiger charge is -2.33. The van der Waals surface area contributed by atoms with E-state index in [2.05, 4.69) is 10.6 Å². The molecule has 10 nitrogen and oxygen atoms in total. The van der Waals surface area contributed by atoms with Crippen molar-refractivity contribution in [1.29, 1.82) is 0 Å². The molecule has 11 heteroatoms. The lowest BCUT2D eigenvalue weighted by Crippen LogP contribution is -2.53. The summed E-state index contributed by atoms with van der Waals surface area (Å²) in [6.45, 7) is 2.40. The summed E-state index contributed by atoms with van der Waals surface area (Å²) in [7, 11) is -2.11. The largest absolute Gasteiger partial charge is 0.497 e. The van der Waals surface area contributed by atoms with Gasteiger partial charge in [0.1, 0.15) is 35.5 Å². The molecule has 2 aromatic rings. The molecule has 3 amide bonds. The molecule has 188 valence electrons. The van der Waals surface area contributed by atoms with Gasteiger partial charge in [0.15, 0.2) is 0 Å².